The average Bonchev–Trinajstić information content (AvgIpc) is 3.34. The zero-order chi connectivity index (χ0) is 22.6. The van der Waals surface area contributed by atoms with Gasteiger partial charge in [0.05, 0.1) is 29.8 Å². The number of nitrogens with two attached hydrogens (primary N) is 1. The monoisotopic (exact) mass is 449 g/mol. The smallest absolute Gasteiger partial charge is 0.254 e. The van der Waals surface area contributed by atoms with Gasteiger partial charge < -0.3 is 25.8 Å². The van der Waals surface area contributed by atoms with Gasteiger partial charge in [-0.05, 0) is 38.2 Å². The fourth-order valence-corrected chi connectivity index (χ4v) is 4.28. The van der Waals surface area contributed by atoms with Crippen LogP contribution in [0.15, 0.2) is 36.9 Å². The van der Waals surface area contributed by atoms with Crippen LogP contribution < -0.4 is 21.1 Å². The molecule has 0 unspecified atom stereocenters. The Hall–Kier alpha value is -3.53. The number of anilines is 2. The van der Waals surface area contributed by atoms with Gasteiger partial charge in [0.1, 0.15) is 11.3 Å². The molecule has 1 atom stereocenters. The Bertz CT molecular complexity index is 1110. The lowest BCUT2D eigenvalue weighted by Gasteiger charge is -2.29. The van der Waals surface area contributed by atoms with Crippen molar-refractivity contribution in [2.24, 2.45) is 0 Å². The molecule has 1 aliphatic heterocycles. The zero-order valence-corrected chi connectivity index (χ0v) is 18.2. The van der Waals surface area contributed by atoms with E-state index in [0.29, 0.717) is 36.2 Å². The topological polar surface area (TPSA) is 137 Å². The number of nitrogens with zero attached hydrogens (tertiary/aromatic N) is 4. The molecule has 172 valence electrons. The van der Waals surface area contributed by atoms with Crippen molar-refractivity contribution in [3.05, 3.63) is 42.5 Å². The number of nitrogen functional groups attached to an aromatic ring is 1. The predicted molar refractivity (Wildman–Crippen MR) is 123 cm³/mol. The molecule has 0 radical (unpaired) electrons. The van der Waals surface area contributed by atoms with Crippen LogP contribution in [0.4, 0.5) is 11.6 Å². The van der Waals surface area contributed by atoms with E-state index in [1.54, 1.807) is 30.9 Å². The number of carbonyl (C=O) groups excluding carboxylic acids is 1. The first kappa shape index (κ1) is 21.3. The molecule has 10 heteroatoms. The Morgan fingerprint density at radius 3 is 2.55 bits per heavy atom. The summed E-state index contributed by atoms with van der Waals surface area (Å²) in [5.74, 6) is 1.03. The first-order valence-electron chi connectivity index (χ1n) is 11.3. The molecule has 3 aromatic rings. The van der Waals surface area contributed by atoms with Gasteiger partial charge in [-0.3, -0.25) is 9.78 Å². The van der Waals surface area contributed by atoms with Crippen molar-refractivity contribution >= 4 is 28.6 Å². The van der Waals surface area contributed by atoms with Crippen LogP contribution >= 0.6 is 0 Å². The molecule has 2 fully saturated rings. The predicted octanol–water partition coefficient (Wildman–Crippen LogP) is 2.32. The molecule has 3 heterocycles. The molecule has 1 saturated carbocycles. The highest BCUT2D eigenvalue weighted by atomic mass is 16.5. The van der Waals surface area contributed by atoms with E-state index < -0.39 is 0 Å². The Kier molecular flexibility index (Phi) is 6.16. The van der Waals surface area contributed by atoms with Crippen LogP contribution in [0.2, 0.25) is 0 Å². The maximum Gasteiger partial charge on any atom is 0.254 e. The second kappa shape index (κ2) is 9.53. The number of benzene rings is 1. The summed E-state index contributed by atoms with van der Waals surface area (Å²) in [6, 6.07) is 3.92. The molecule has 0 spiro atoms. The van der Waals surface area contributed by atoms with Crippen LogP contribution in [0.25, 0.3) is 11.0 Å². The van der Waals surface area contributed by atoms with E-state index in [9.17, 15) is 4.79 Å². The Labute approximate surface area is 191 Å². The summed E-state index contributed by atoms with van der Waals surface area (Å²) in [6.07, 6.45) is 11.0. The van der Waals surface area contributed by atoms with Gasteiger partial charge in [0.25, 0.3) is 5.91 Å². The molecule has 2 aliphatic rings. The lowest BCUT2D eigenvalue weighted by Crippen LogP contribution is -2.35. The number of amides is 1. The largest absolute Gasteiger partial charge is 0.488 e. The third-order valence-corrected chi connectivity index (χ3v) is 6.04. The van der Waals surface area contributed by atoms with E-state index in [-0.39, 0.29) is 24.1 Å². The lowest BCUT2D eigenvalue weighted by atomic mass is 9.93. The van der Waals surface area contributed by atoms with Crippen molar-refractivity contribution in [1.29, 1.82) is 0 Å². The third kappa shape index (κ3) is 5.11. The van der Waals surface area contributed by atoms with Crippen molar-refractivity contribution in [3.63, 3.8) is 0 Å². The minimum Gasteiger partial charge on any atom is -0.488 e. The number of hydrogen-bond acceptors (Lipinski definition) is 9. The van der Waals surface area contributed by atoms with Crippen LogP contribution in [-0.2, 0) is 4.74 Å². The van der Waals surface area contributed by atoms with Gasteiger partial charge >= 0.3 is 0 Å². The van der Waals surface area contributed by atoms with Crippen LogP contribution in [-0.4, -0.2) is 57.2 Å². The number of rotatable bonds is 6. The van der Waals surface area contributed by atoms with Gasteiger partial charge in [0, 0.05) is 49.2 Å². The summed E-state index contributed by atoms with van der Waals surface area (Å²) >= 11 is 0. The minimum atomic E-state index is -0.173. The Balaban J connectivity index is 1.13. The summed E-state index contributed by atoms with van der Waals surface area (Å²) in [6.45, 7) is 1.24. The van der Waals surface area contributed by atoms with Crippen molar-refractivity contribution in [2.75, 3.05) is 24.3 Å². The van der Waals surface area contributed by atoms with Gasteiger partial charge in [0.2, 0.25) is 5.95 Å². The van der Waals surface area contributed by atoms with Crippen molar-refractivity contribution < 1.29 is 14.3 Å². The van der Waals surface area contributed by atoms with Crippen molar-refractivity contribution in [1.82, 2.24) is 25.3 Å². The second-order valence-electron chi connectivity index (χ2n) is 8.51. The summed E-state index contributed by atoms with van der Waals surface area (Å²) < 4.78 is 11.5. The zero-order valence-electron chi connectivity index (χ0n) is 18.2. The average molecular weight is 450 g/mol. The van der Waals surface area contributed by atoms with Crippen molar-refractivity contribution in [2.45, 2.75) is 50.3 Å². The van der Waals surface area contributed by atoms with Gasteiger partial charge in [-0.15, -0.1) is 0 Å². The third-order valence-electron chi connectivity index (χ3n) is 6.04. The molecular weight excluding hydrogens is 422 g/mol. The van der Waals surface area contributed by atoms with Crippen molar-refractivity contribution in [3.8, 4) is 5.75 Å². The number of aromatic nitrogens is 4. The normalized spacial score (nSPS) is 22.7. The fourth-order valence-electron chi connectivity index (χ4n) is 4.28. The van der Waals surface area contributed by atoms with E-state index in [4.69, 9.17) is 15.2 Å². The number of ether oxygens (including phenoxy) is 2. The Morgan fingerprint density at radius 1 is 1.00 bits per heavy atom. The number of carbonyl (C=O) groups is 1. The molecule has 1 amide bonds. The summed E-state index contributed by atoms with van der Waals surface area (Å²) in [5.41, 5.74) is 8.52. The van der Waals surface area contributed by atoms with E-state index in [0.717, 1.165) is 43.1 Å². The number of nitrogens with one attached hydrogen (secondary N) is 2. The Morgan fingerprint density at radius 2 is 1.79 bits per heavy atom. The molecule has 0 bridgehead atoms. The molecule has 1 aliphatic carbocycles. The SMILES string of the molecule is Nc1cc(OC2CCC(Nc3ncc(C(=O)N[C@@H]4CCOC4)cn3)CC2)c2nccnc2c1. The van der Waals surface area contributed by atoms with E-state index in [1.165, 1.54) is 0 Å². The second-order valence-corrected chi connectivity index (χ2v) is 8.51. The fraction of sp³-hybridized carbons (Fsp3) is 0.435. The molecule has 5 rings (SSSR count). The van der Waals surface area contributed by atoms with E-state index in [2.05, 4.69) is 30.6 Å². The summed E-state index contributed by atoms with van der Waals surface area (Å²) in [5, 5.41) is 6.31. The van der Waals surface area contributed by atoms with Gasteiger partial charge in [-0.2, -0.15) is 0 Å². The lowest BCUT2D eigenvalue weighted by molar-refractivity contribution is 0.0929. The molecule has 1 saturated heterocycles. The molecule has 4 N–H and O–H groups in total. The molecule has 33 heavy (non-hydrogen) atoms. The molecule has 10 nitrogen and oxygen atoms in total. The quantitative estimate of drug-likeness (QED) is 0.484. The van der Waals surface area contributed by atoms with Crippen LogP contribution in [0, 0.1) is 0 Å². The van der Waals surface area contributed by atoms with Gasteiger partial charge in [-0.25, -0.2) is 15.0 Å². The maximum absolute atomic E-state index is 12.3. The van der Waals surface area contributed by atoms with Crippen LogP contribution in [0.3, 0.4) is 0 Å². The van der Waals surface area contributed by atoms with Crippen LogP contribution in [0.1, 0.15) is 42.5 Å². The van der Waals surface area contributed by atoms with E-state index in [1.807, 2.05) is 6.07 Å². The summed E-state index contributed by atoms with van der Waals surface area (Å²) in [7, 11) is 0. The number of hydrogen-bond donors (Lipinski definition) is 3. The van der Waals surface area contributed by atoms with Gasteiger partial charge in [0.15, 0.2) is 0 Å². The standard InChI is InChI=1S/C23H27N7O3/c24-15-9-19-21(26-7-6-25-19)20(10-15)33-18-3-1-16(2-4-18)30-23-27-11-14(12-28-23)22(31)29-17-5-8-32-13-17/h6-7,9-12,16-18H,1-5,8,13,24H2,(H,29,31)(H,27,28,30)/t16?,17-,18?/m1/s1. The first-order valence-corrected chi connectivity index (χ1v) is 11.3. The van der Waals surface area contributed by atoms with Gasteiger partial charge in [-0.1, -0.05) is 0 Å². The first-order chi connectivity index (χ1) is 16.1. The highest BCUT2D eigenvalue weighted by molar-refractivity contribution is 5.93. The summed E-state index contributed by atoms with van der Waals surface area (Å²) in [4.78, 5) is 29.7. The maximum atomic E-state index is 12.3. The molecular formula is C23H27N7O3. The highest BCUT2D eigenvalue weighted by Crippen LogP contribution is 2.30. The molecule has 1 aromatic carbocycles. The minimum absolute atomic E-state index is 0.0602. The molecule has 2 aromatic heterocycles. The number of fused-ring (bicyclic) bond motifs is 1. The van der Waals surface area contributed by atoms with Crippen LogP contribution in [0.5, 0.6) is 5.75 Å². The highest BCUT2D eigenvalue weighted by Gasteiger charge is 2.24. The van der Waals surface area contributed by atoms with E-state index >= 15 is 0 Å².